The Morgan fingerprint density at radius 1 is 1.06 bits per heavy atom. The molecule has 3 aromatic carbocycles. The van der Waals surface area contributed by atoms with Crippen molar-refractivity contribution in [1.82, 2.24) is 0 Å². The predicted octanol–water partition coefficient (Wildman–Crippen LogP) is 4.95. The van der Waals surface area contributed by atoms with Gasteiger partial charge in [-0.05, 0) is 73.7 Å². The van der Waals surface area contributed by atoms with Crippen LogP contribution < -0.4 is 10.4 Å². The number of carbonyl (C=O) groups excluding carboxylic acids is 1. The fourth-order valence-electron chi connectivity index (χ4n) is 3.98. The lowest BCUT2D eigenvalue weighted by Crippen LogP contribution is -2.29. The monoisotopic (exact) mass is 468 g/mol. The first kappa shape index (κ1) is 22.3. The molecule has 5 rings (SSSR count). The number of para-hydroxylation sites is 1. The number of aromatic carboxylic acids is 1. The van der Waals surface area contributed by atoms with E-state index in [2.05, 4.69) is 15.6 Å². The Morgan fingerprint density at radius 2 is 1.83 bits per heavy atom. The average Bonchev–Trinajstić information content (AvgIpc) is 3.64. The summed E-state index contributed by atoms with van der Waals surface area (Å²) in [6.45, 7) is 4.00. The molecule has 0 aromatic heterocycles. The Labute approximate surface area is 202 Å². The van der Waals surface area contributed by atoms with Crippen LogP contribution in [0.1, 0.15) is 34.3 Å². The van der Waals surface area contributed by atoms with Gasteiger partial charge in [0.25, 0.3) is 0 Å². The number of nitrogens with one attached hydrogen (secondary N) is 1. The van der Waals surface area contributed by atoms with E-state index in [9.17, 15) is 19.8 Å². The van der Waals surface area contributed by atoms with Crippen molar-refractivity contribution in [2.45, 2.75) is 26.7 Å². The van der Waals surface area contributed by atoms with Crippen LogP contribution >= 0.6 is 0 Å². The van der Waals surface area contributed by atoms with E-state index in [0.29, 0.717) is 28.2 Å². The largest absolute Gasteiger partial charge is 0.505 e. The fourth-order valence-corrected chi connectivity index (χ4v) is 3.98. The van der Waals surface area contributed by atoms with E-state index in [1.54, 1.807) is 30.3 Å². The molecule has 8 heteroatoms. The lowest BCUT2D eigenvalue weighted by atomic mass is 10.0. The van der Waals surface area contributed by atoms with Gasteiger partial charge in [0.1, 0.15) is 5.75 Å². The van der Waals surface area contributed by atoms with Gasteiger partial charge in [-0.25, -0.2) is 4.79 Å². The lowest BCUT2D eigenvalue weighted by molar-refractivity contribution is -0.112. The number of hydrogen-bond acceptors (Lipinski definition) is 6. The maximum Gasteiger partial charge on any atom is 0.335 e. The topological polar surface area (TPSA) is 115 Å². The van der Waals surface area contributed by atoms with E-state index >= 15 is 0 Å². The van der Waals surface area contributed by atoms with Crippen molar-refractivity contribution in [3.05, 3.63) is 77.4 Å². The van der Waals surface area contributed by atoms with Gasteiger partial charge in [-0.3, -0.25) is 10.2 Å². The number of nitrogens with zero attached hydrogens (tertiary/aromatic N) is 3. The predicted molar refractivity (Wildman–Crippen MR) is 135 cm³/mol. The highest BCUT2D eigenvalue weighted by molar-refractivity contribution is 6.72. The third kappa shape index (κ3) is 4.26. The highest BCUT2D eigenvalue weighted by Crippen LogP contribution is 2.37. The molecule has 0 atom stereocenters. The average molecular weight is 469 g/mol. The molecule has 0 bridgehead atoms. The summed E-state index contributed by atoms with van der Waals surface area (Å²) in [6, 6.07) is 17.1. The highest BCUT2D eigenvalue weighted by atomic mass is 16.4. The molecule has 176 valence electrons. The number of phenolic OH excluding ortho intramolecular Hbond substituents is 1. The molecule has 0 radical (unpaired) electrons. The Kier molecular flexibility index (Phi) is 5.56. The number of carboxylic acids is 1. The van der Waals surface area contributed by atoms with Crippen molar-refractivity contribution in [3.63, 3.8) is 0 Å². The third-order valence-corrected chi connectivity index (χ3v) is 6.29. The van der Waals surface area contributed by atoms with Gasteiger partial charge in [0.05, 0.1) is 22.6 Å². The van der Waals surface area contributed by atoms with E-state index in [0.717, 1.165) is 24.0 Å². The zero-order valence-corrected chi connectivity index (χ0v) is 19.3. The number of aryl methyl sites for hydroxylation is 2. The van der Waals surface area contributed by atoms with Gasteiger partial charge in [-0.2, -0.15) is 15.2 Å². The zero-order valence-electron chi connectivity index (χ0n) is 19.3. The van der Waals surface area contributed by atoms with Gasteiger partial charge in [0, 0.05) is 11.5 Å². The van der Waals surface area contributed by atoms with Crippen LogP contribution in [0, 0.1) is 19.8 Å². The van der Waals surface area contributed by atoms with Gasteiger partial charge < -0.3 is 10.2 Å². The number of hydrazone groups is 2. The Bertz CT molecular complexity index is 1420. The van der Waals surface area contributed by atoms with Crippen LogP contribution in [0.5, 0.6) is 5.75 Å². The van der Waals surface area contributed by atoms with Crippen LogP contribution in [0.2, 0.25) is 0 Å². The van der Waals surface area contributed by atoms with Gasteiger partial charge in [0.15, 0.2) is 5.71 Å². The second kappa shape index (κ2) is 8.72. The van der Waals surface area contributed by atoms with Crippen molar-refractivity contribution < 1.29 is 19.8 Å². The summed E-state index contributed by atoms with van der Waals surface area (Å²) in [5.74, 6) is -1.28. The van der Waals surface area contributed by atoms with Crippen LogP contribution in [0.15, 0.2) is 70.9 Å². The van der Waals surface area contributed by atoms with E-state index in [1.807, 2.05) is 32.0 Å². The normalized spacial score (nSPS) is 16.5. The summed E-state index contributed by atoms with van der Waals surface area (Å²) in [7, 11) is 0. The number of benzene rings is 3. The number of carboxylic acid groups (broad SMARTS) is 1. The number of rotatable bonds is 6. The maximum absolute atomic E-state index is 13.3. The highest BCUT2D eigenvalue weighted by Gasteiger charge is 2.41. The first-order valence-electron chi connectivity index (χ1n) is 11.3. The minimum Gasteiger partial charge on any atom is -0.505 e. The molecule has 0 unspecified atom stereocenters. The minimum absolute atomic E-state index is 0.0965. The number of phenols is 1. The summed E-state index contributed by atoms with van der Waals surface area (Å²) < 4.78 is 0. The molecular weight excluding hydrogens is 444 g/mol. The standard InChI is InChI=1S/C27H24N4O4/c1-15-9-12-20(13-16(15)2)31-26(33)24(23(30-31)17-10-11-17)29-28-22-8-4-7-21(25(22)32)18-5-3-6-19(14-18)27(34)35/h3-9,12-14,17,28,32H,10-11H2,1-2H3,(H,34,35). The van der Waals surface area contributed by atoms with E-state index in [4.69, 9.17) is 0 Å². The molecule has 1 saturated carbocycles. The van der Waals surface area contributed by atoms with Crippen LogP contribution in [0.4, 0.5) is 11.4 Å². The molecule has 3 aromatic rings. The second-order valence-electron chi connectivity index (χ2n) is 8.80. The molecule has 1 amide bonds. The van der Waals surface area contributed by atoms with Crippen molar-refractivity contribution in [2.75, 3.05) is 10.4 Å². The molecule has 8 nitrogen and oxygen atoms in total. The van der Waals surface area contributed by atoms with Crippen LogP contribution in [-0.2, 0) is 4.79 Å². The van der Waals surface area contributed by atoms with Gasteiger partial charge in [-0.1, -0.05) is 30.3 Å². The van der Waals surface area contributed by atoms with E-state index in [1.165, 1.54) is 17.1 Å². The zero-order chi connectivity index (χ0) is 24.7. The summed E-state index contributed by atoms with van der Waals surface area (Å²) in [5, 5.41) is 30.5. The summed E-state index contributed by atoms with van der Waals surface area (Å²) in [5.41, 5.74) is 8.00. The van der Waals surface area contributed by atoms with Gasteiger partial charge >= 0.3 is 11.9 Å². The van der Waals surface area contributed by atoms with Crippen molar-refractivity contribution in [3.8, 4) is 16.9 Å². The Hall–Kier alpha value is -4.46. The first-order chi connectivity index (χ1) is 16.8. The second-order valence-corrected chi connectivity index (χ2v) is 8.80. The van der Waals surface area contributed by atoms with Gasteiger partial charge in [0.2, 0.25) is 0 Å². The molecule has 2 aliphatic rings. The number of carbonyl (C=O) groups is 2. The lowest BCUT2D eigenvalue weighted by Gasteiger charge is -2.13. The third-order valence-electron chi connectivity index (χ3n) is 6.29. The van der Waals surface area contributed by atoms with E-state index < -0.39 is 5.97 Å². The first-order valence-corrected chi connectivity index (χ1v) is 11.3. The van der Waals surface area contributed by atoms with E-state index in [-0.39, 0.29) is 28.8 Å². The quantitative estimate of drug-likeness (QED) is 0.350. The number of amides is 1. The molecule has 1 aliphatic heterocycles. The number of hydrogen-bond donors (Lipinski definition) is 3. The molecule has 1 heterocycles. The van der Waals surface area contributed by atoms with Crippen molar-refractivity contribution >= 4 is 34.7 Å². The maximum atomic E-state index is 13.3. The van der Waals surface area contributed by atoms with Crippen LogP contribution in [-0.4, -0.2) is 33.5 Å². The smallest absolute Gasteiger partial charge is 0.335 e. The molecule has 0 saturated heterocycles. The minimum atomic E-state index is -1.05. The fraction of sp³-hybridized carbons (Fsp3) is 0.185. The number of aromatic hydroxyl groups is 1. The summed E-state index contributed by atoms with van der Waals surface area (Å²) >= 11 is 0. The molecule has 1 fully saturated rings. The molecular formula is C27H24N4O4. The Morgan fingerprint density at radius 3 is 2.54 bits per heavy atom. The van der Waals surface area contributed by atoms with Gasteiger partial charge in [-0.15, -0.1) is 0 Å². The molecule has 35 heavy (non-hydrogen) atoms. The van der Waals surface area contributed by atoms with Crippen LogP contribution in [0.3, 0.4) is 0 Å². The Balaban J connectivity index is 1.45. The molecule has 0 spiro atoms. The number of anilines is 2. The van der Waals surface area contributed by atoms with Crippen molar-refractivity contribution in [1.29, 1.82) is 0 Å². The van der Waals surface area contributed by atoms with Crippen LogP contribution in [0.25, 0.3) is 11.1 Å². The summed E-state index contributed by atoms with van der Waals surface area (Å²) in [6.07, 6.45) is 1.90. The SMILES string of the molecule is Cc1ccc(N2N=C(C3CC3)C(=NNc3cccc(-c4cccc(C(=O)O)c4)c3O)C2=O)cc1C. The van der Waals surface area contributed by atoms with Crippen molar-refractivity contribution in [2.24, 2.45) is 16.1 Å². The molecule has 3 N–H and O–H groups in total. The molecule has 1 aliphatic carbocycles. The summed E-state index contributed by atoms with van der Waals surface area (Å²) in [4.78, 5) is 24.6.